The zero-order chi connectivity index (χ0) is 19.7. The SMILES string of the molecule is COc1ccc2oc(C(=O)NC3CCN([C@@H]4CCCC[C@H]4O)CC3)c(C)c2c1. The minimum Gasteiger partial charge on any atom is -0.497 e. The zero-order valence-electron chi connectivity index (χ0n) is 16.7. The van der Waals surface area contributed by atoms with Crippen LogP contribution in [0.15, 0.2) is 22.6 Å². The molecule has 6 heteroatoms. The topological polar surface area (TPSA) is 74.9 Å². The van der Waals surface area contributed by atoms with Crippen molar-refractivity contribution in [1.29, 1.82) is 0 Å². The van der Waals surface area contributed by atoms with Crippen molar-refractivity contribution in [2.24, 2.45) is 0 Å². The van der Waals surface area contributed by atoms with Gasteiger partial charge in [0, 0.05) is 36.1 Å². The van der Waals surface area contributed by atoms with E-state index < -0.39 is 0 Å². The van der Waals surface area contributed by atoms with Crippen molar-refractivity contribution in [3.05, 3.63) is 29.5 Å². The van der Waals surface area contributed by atoms with E-state index in [-0.39, 0.29) is 24.1 Å². The van der Waals surface area contributed by atoms with E-state index in [0.717, 1.165) is 61.9 Å². The van der Waals surface area contributed by atoms with E-state index in [0.29, 0.717) is 11.3 Å². The number of nitrogens with one attached hydrogen (secondary N) is 1. The molecule has 2 N–H and O–H groups in total. The minimum atomic E-state index is -0.199. The van der Waals surface area contributed by atoms with E-state index in [1.54, 1.807) is 7.11 Å². The Kier molecular flexibility index (Phi) is 5.60. The van der Waals surface area contributed by atoms with Gasteiger partial charge in [0.25, 0.3) is 5.91 Å². The Balaban J connectivity index is 1.38. The van der Waals surface area contributed by atoms with E-state index >= 15 is 0 Å². The second-order valence-corrected chi connectivity index (χ2v) is 8.12. The monoisotopic (exact) mass is 386 g/mol. The lowest BCUT2D eigenvalue weighted by Gasteiger charge is -2.41. The van der Waals surface area contributed by atoms with Crippen LogP contribution in [0.4, 0.5) is 0 Å². The standard InChI is InChI=1S/C22H30N2O4/c1-14-17-13-16(27-2)7-8-20(17)28-21(14)22(26)23-15-9-11-24(12-10-15)18-5-3-4-6-19(18)25/h7-8,13,15,18-19,25H,3-6,9-12H2,1-2H3,(H,23,26)/t18-,19-/m1/s1. The minimum absolute atomic E-state index is 0.145. The van der Waals surface area contributed by atoms with Crippen molar-refractivity contribution in [3.63, 3.8) is 0 Å². The summed E-state index contributed by atoms with van der Waals surface area (Å²) in [6.45, 7) is 3.75. The van der Waals surface area contributed by atoms with Gasteiger partial charge in [-0.3, -0.25) is 9.69 Å². The smallest absolute Gasteiger partial charge is 0.287 e. The number of hydrogen-bond acceptors (Lipinski definition) is 5. The van der Waals surface area contributed by atoms with E-state index in [2.05, 4.69) is 10.2 Å². The number of aliphatic hydroxyl groups excluding tert-OH is 1. The summed E-state index contributed by atoms with van der Waals surface area (Å²) in [5, 5.41) is 14.3. The van der Waals surface area contributed by atoms with Crippen molar-refractivity contribution in [3.8, 4) is 5.75 Å². The molecule has 1 aromatic carbocycles. The molecule has 6 nitrogen and oxygen atoms in total. The number of rotatable bonds is 4. The molecule has 1 amide bonds. The highest BCUT2D eigenvalue weighted by atomic mass is 16.5. The van der Waals surface area contributed by atoms with Crippen molar-refractivity contribution in [2.45, 2.75) is 63.6 Å². The summed E-state index contributed by atoms with van der Waals surface area (Å²) < 4.78 is 11.1. The summed E-state index contributed by atoms with van der Waals surface area (Å²) >= 11 is 0. The Morgan fingerprint density at radius 1 is 1.21 bits per heavy atom. The molecule has 1 saturated carbocycles. The highest BCUT2D eigenvalue weighted by Crippen LogP contribution is 2.29. The fourth-order valence-corrected chi connectivity index (χ4v) is 4.69. The number of carbonyl (C=O) groups is 1. The summed E-state index contributed by atoms with van der Waals surface area (Å²) in [5.74, 6) is 0.984. The van der Waals surface area contributed by atoms with Crippen LogP contribution in [0.1, 0.15) is 54.6 Å². The fraction of sp³-hybridized carbons (Fsp3) is 0.591. The highest BCUT2D eigenvalue weighted by molar-refractivity contribution is 5.99. The van der Waals surface area contributed by atoms with Crippen LogP contribution in [0.25, 0.3) is 11.0 Å². The lowest BCUT2D eigenvalue weighted by molar-refractivity contribution is 0.00721. The first-order valence-electron chi connectivity index (χ1n) is 10.4. The molecule has 2 aromatic rings. The van der Waals surface area contributed by atoms with Crippen molar-refractivity contribution in [2.75, 3.05) is 20.2 Å². The number of amides is 1. The molecule has 1 saturated heterocycles. The molecule has 2 atom stereocenters. The summed E-state index contributed by atoms with van der Waals surface area (Å²) in [5.41, 5.74) is 1.54. The molecule has 1 aromatic heterocycles. The largest absolute Gasteiger partial charge is 0.497 e. The Morgan fingerprint density at radius 3 is 2.68 bits per heavy atom. The first-order valence-corrected chi connectivity index (χ1v) is 10.4. The van der Waals surface area contributed by atoms with Gasteiger partial charge in [0.2, 0.25) is 0 Å². The summed E-state index contributed by atoms with van der Waals surface area (Å²) in [6, 6.07) is 6.01. The van der Waals surface area contributed by atoms with E-state index in [1.165, 1.54) is 6.42 Å². The van der Waals surface area contributed by atoms with Gasteiger partial charge in [0.05, 0.1) is 13.2 Å². The van der Waals surface area contributed by atoms with Gasteiger partial charge in [0.15, 0.2) is 5.76 Å². The maximum absolute atomic E-state index is 12.8. The Hall–Kier alpha value is -2.05. The summed E-state index contributed by atoms with van der Waals surface area (Å²) in [6.07, 6.45) is 5.94. The number of likely N-dealkylation sites (tertiary alicyclic amines) is 1. The van der Waals surface area contributed by atoms with Crippen LogP contribution >= 0.6 is 0 Å². The lowest BCUT2D eigenvalue weighted by Crippen LogP contribution is -2.52. The van der Waals surface area contributed by atoms with Crippen LogP contribution in [0, 0.1) is 6.92 Å². The average molecular weight is 386 g/mol. The van der Waals surface area contributed by atoms with Gasteiger partial charge in [-0.1, -0.05) is 12.8 Å². The number of ether oxygens (including phenoxy) is 1. The van der Waals surface area contributed by atoms with Crippen LogP contribution in [-0.2, 0) is 0 Å². The van der Waals surface area contributed by atoms with Crippen LogP contribution in [0.2, 0.25) is 0 Å². The fourth-order valence-electron chi connectivity index (χ4n) is 4.69. The average Bonchev–Trinajstić information content (AvgIpc) is 3.05. The zero-order valence-corrected chi connectivity index (χ0v) is 16.7. The molecule has 1 aliphatic carbocycles. The predicted molar refractivity (Wildman–Crippen MR) is 108 cm³/mol. The molecule has 2 fully saturated rings. The number of fused-ring (bicyclic) bond motifs is 1. The molecule has 2 aliphatic rings. The van der Waals surface area contributed by atoms with E-state index in [4.69, 9.17) is 9.15 Å². The number of furan rings is 1. The third-order valence-corrected chi connectivity index (χ3v) is 6.38. The third-order valence-electron chi connectivity index (χ3n) is 6.38. The molecule has 4 rings (SSSR count). The molecule has 0 bridgehead atoms. The van der Waals surface area contributed by atoms with Gasteiger partial charge >= 0.3 is 0 Å². The second-order valence-electron chi connectivity index (χ2n) is 8.12. The van der Waals surface area contributed by atoms with E-state index in [1.807, 2.05) is 25.1 Å². The van der Waals surface area contributed by atoms with Gasteiger partial charge in [-0.25, -0.2) is 0 Å². The predicted octanol–water partition coefficient (Wildman–Crippen LogP) is 3.25. The molecule has 152 valence electrons. The van der Waals surface area contributed by atoms with Gasteiger partial charge in [-0.2, -0.15) is 0 Å². The van der Waals surface area contributed by atoms with Crippen LogP contribution in [0.5, 0.6) is 5.75 Å². The van der Waals surface area contributed by atoms with Crippen LogP contribution < -0.4 is 10.1 Å². The number of aryl methyl sites for hydroxylation is 1. The molecular weight excluding hydrogens is 356 g/mol. The first-order chi connectivity index (χ1) is 13.6. The van der Waals surface area contributed by atoms with Crippen LogP contribution in [0.3, 0.4) is 0 Å². The number of nitrogens with zero attached hydrogens (tertiary/aromatic N) is 1. The molecule has 0 unspecified atom stereocenters. The van der Waals surface area contributed by atoms with Gasteiger partial charge in [0.1, 0.15) is 11.3 Å². The third kappa shape index (κ3) is 3.76. The Morgan fingerprint density at radius 2 is 1.96 bits per heavy atom. The molecule has 28 heavy (non-hydrogen) atoms. The molecule has 0 radical (unpaired) electrons. The normalized spacial score (nSPS) is 24.4. The van der Waals surface area contributed by atoms with Gasteiger partial charge < -0.3 is 19.6 Å². The molecule has 0 spiro atoms. The highest BCUT2D eigenvalue weighted by Gasteiger charge is 2.32. The van der Waals surface area contributed by atoms with Gasteiger partial charge in [-0.15, -0.1) is 0 Å². The molecule has 2 heterocycles. The van der Waals surface area contributed by atoms with Crippen molar-refractivity contribution < 1.29 is 19.1 Å². The Bertz CT molecular complexity index is 838. The van der Waals surface area contributed by atoms with Crippen molar-refractivity contribution >= 4 is 16.9 Å². The quantitative estimate of drug-likeness (QED) is 0.844. The number of benzene rings is 1. The lowest BCUT2D eigenvalue weighted by atomic mass is 9.89. The number of hydrogen-bond donors (Lipinski definition) is 2. The summed E-state index contributed by atoms with van der Waals surface area (Å²) in [4.78, 5) is 15.2. The molecular formula is C22H30N2O4. The number of aliphatic hydroxyl groups is 1. The number of methoxy groups -OCH3 is 1. The van der Waals surface area contributed by atoms with Crippen LogP contribution in [-0.4, -0.2) is 54.3 Å². The number of piperidine rings is 1. The first kappa shape index (κ1) is 19.3. The second kappa shape index (κ2) is 8.13. The Labute approximate surface area is 165 Å². The van der Waals surface area contributed by atoms with Gasteiger partial charge in [-0.05, 0) is 50.8 Å². The van der Waals surface area contributed by atoms with E-state index in [9.17, 15) is 9.90 Å². The van der Waals surface area contributed by atoms with Crippen molar-refractivity contribution in [1.82, 2.24) is 10.2 Å². The molecule has 1 aliphatic heterocycles. The number of carbonyl (C=O) groups excluding carboxylic acids is 1. The summed E-state index contributed by atoms with van der Waals surface area (Å²) in [7, 11) is 1.63. The maximum atomic E-state index is 12.8. The maximum Gasteiger partial charge on any atom is 0.287 e.